The van der Waals surface area contributed by atoms with E-state index in [2.05, 4.69) is 0 Å². The minimum Gasteiger partial charge on any atom is -0.478 e. The van der Waals surface area contributed by atoms with Crippen molar-refractivity contribution in [3.8, 4) is 11.1 Å². The summed E-state index contributed by atoms with van der Waals surface area (Å²) in [5.41, 5.74) is 4.51. The molecule has 0 aliphatic carbocycles. The Morgan fingerprint density at radius 2 is 1.80 bits per heavy atom. The van der Waals surface area contributed by atoms with Gasteiger partial charge >= 0.3 is 5.97 Å². The Kier molecular flexibility index (Phi) is 3.49. The maximum absolute atomic E-state index is 11.9. The molecular weight excluding hydrogens is 254 g/mol. The molecule has 1 N–H and O–H groups in total. The van der Waals surface area contributed by atoms with Gasteiger partial charge in [-0.1, -0.05) is 12.1 Å². The Morgan fingerprint density at radius 1 is 1.15 bits per heavy atom. The van der Waals surface area contributed by atoms with Crippen molar-refractivity contribution in [2.45, 2.75) is 20.8 Å². The molecule has 4 nitrogen and oxygen atoms in total. The van der Waals surface area contributed by atoms with E-state index in [9.17, 15) is 9.59 Å². The molecule has 0 spiro atoms. The van der Waals surface area contributed by atoms with Crippen LogP contribution in [0.5, 0.6) is 0 Å². The molecule has 2 rings (SSSR count). The van der Waals surface area contributed by atoms with Crippen molar-refractivity contribution in [1.29, 1.82) is 0 Å². The summed E-state index contributed by atoms with van der Waals surface area (Å²) in [6.45, 7) is 5.49. The van der Waals surface area contributed by atoms with Crippen LogP contribution in [0.15, 0.2) is 29.2 Å². The molecule has 1 aromatic heterocycles. The number of pyridine rings is 1. The van der Waals surface area contributed by atoms with Crippen molar-refractivity contribution in [2.24, 2.45) is 7.05 Å². The van der Waals surface area contributed by atoms with Crippen LogP contribution in [0.1, 0.15) is 27.0 Å². The highest BCUT2D eigenvalue weighted by molar-refractivity contribution is 5.90. The molecule has 0 radical (unpaired) electrons. The van der Waals surface area contributed by atoms with Crippen LogP contribution in [0, 0.1) is 20.8 Å². The summed E-state index contributed by atoms with van der Waals surface area (Å²) in [7, 11) is 1.72. The van der Waals surface area contributed by atoms with Crippen molar-refractivity contribution >= 4 is 5.97 Å². The van der Waals surface area contributed by atoms with Gasteiger partial charge in [0.15, 0.2) is 0 Å². The van der Waals surface area contributed by atoms with Crippen molar-refractivity contribution < 1.29 is 9.90 Å². The van der Waals surface area contributed by atoms with Gasteiger partial charge in [0.05, 0.1) is 5.56 Å². The summed E-state index contributed by atoms with van der Waals surface area (Å²) in [6, 6.07) is 5.23. The standard InChI is InChI=1S/C16H17NO3/c1-9-7-12(5-6-13(9)16(19)20)14-8-17(4)15(18)11(3)10(14)2/h5-8H,1-4H3,(H,19,20). The number of carboxylic acids is 1. The highest BCUT2D eigenvalue weighted by Crippen LogP contribution is 2.25. The van der Waals surface area contributed by atoms with Crippen LogP contribution < -0.4 is 5.56 Å². The monoisotopic (exact) mass is 271 g/mol. The van der Waals surface area contributed by atoms with Gasteiger partial charge in [-0.3, -0.25) is 4.79 Å². The molecule has 0 aliphatic heterocycles. The number of hydrogen-bond acceptors (Lipinski definition) is 2. The van der Waals surface area contributed by atoms with Gasteiger partial charge in [0.1, 0.15) is 0 Å². The van der Waals surface area contributed by atoms with Gasteiger partial charge in [0.2, 0.25) is 0 Å². The number of benzene rings is 1. The lowest BCUT2D eigenvalue weighted by Crippen LogP contribution is -2.20. The molecule has 104 valence electrons. The van der Waals surface area contributed by atoms with Crippen molar-refractivity contribution in [2.75, 3.05) is 0 Å². The van der Waals surface area contributed by atoms with Crippen molar-refractivity contribution in [3.63, 3.8) is 0 Å². The summed E-state index contributed by atoms with van der Waals surface area (Å²) >= 11 is 0. The number of carbonyl (C=O) groups is 1. The van der Waals surface area contributed by atoms with E-state index < -0.39 is 5.97 Å². The van der Waals surface area contributed by atoms with Gasteiger partial charge in [-0.25, -0.2) is 4.79 Å². The topological polar surface area (TPSA) is 59.3 Å². The third-order valence-electron chi connectivity index (χ3n) is 3.70. The van der Waals surface area contributed by atoms with Crippen LogP contribution in [-0.4, -0.2) is 15.6 Å². The summed E-state index contributed by atoms with van der Waals surface area (Å²) in [4.78, 5) is 22.9. The lowest BCUT2D eigenvalue weighted by molar-refractivity contribution is 0.0696. The average molecular weight is 271 g/mol. The highest BCUT2D eigenvalue weighted by Gasteiger charge is 2.12. The van der Waals surface area contributed by atoms with E-state index >= 15 is 0 Å². The number of nitrogens with zero attached hydrogens (tertiary/aromatic N) is 1. The molecule has 4 heteroatoms. The Labute approximate surface area is 117 Å². The lowest BCUT2D eigenvalue weighted by atomic mass is 9.96. The first-order valence-corrected chi connectivity index (χ1v) is 6.34. The summed E-state index contributed by atoms with van der Waals surface area (Å²) < 4.78 is 1.55. The number of aromatic carboxylic acids is 1. The maximum Gasteiger partial charge on any atom is 0.335 e. The quantitative estimate of drug-likeness (QED) is 0.913. The zero-order chi connectivity index (χ0) is 15.0. The highest BCUT2D eigenvalue weighted by atomic mass is 16.4. The molecule has 0 amide bonds. The molecule has 0 unspecified atom stereocenters. The van der Waals surface area contributed by atoms with Crippen LogP contribution in [0.2, 0.25) is 0 Å². The Balaban J connectivity index is 2.67. The predicted molar refractivity (Wildman–Crippen MR) is 78.3 cm³/mol. The van der Waals surface area contributed by atoms with Crippen LogP contribution in [-0.2, 0) is 7.05 Å². The molecule has 1 aromatic carbocycles. The normalized spacial score (nSPS) is 10.6. The average Bonchev–Trinajstić information content (AvgIpc) is 2.40. The van der Waals surface area contributed by atoms with E-state index in [0.29, 0.717) is 16.7 Å². The number of carboxylic acid groups (broad SMARTS) is 1. The van der Waals surface area contributed by atoms with Gasteiger partial charge in [-0.05, 0) is 43.5 Å². The van der Waals surface area contributed by atoms with Crippen molar-refractivity contribution in [3.05, 3.63) is 57.0 Å². The fourth-order valence-electron chi connectivity index (χ4n) is 2.34. The zero-order valence-electron chi connectivity index (χ0n) is 12.0. The van der Waals surface area contributed by atoms with Crippen LogP contribution in [0.25, 0.3) is 11.1 Å². The smallest absolute Gasteiger partial charge is 0.335 e. The first-order valence-electron chi connectivity index (χ1n) is 6.34. The lowest BCUT2D eigenvalue weighted by Gasteiger charge is -2.12. The molecular formula is C16H17NO3. The summed E-state index contributed by atoms with van der Waals surface area (Å²) in [6.07, 6.45) is 1.79. The van der Waals surface area contributed by atoms with Gasteiger partial charge in [-0.15, -0.1) is 0 Å². The van der Waals surface area contributed by atoms with Gasteiger partial charge in [0, 0.05) is 24.4 Å². The van der Waals surface area contributed by atoms with Crippen LogP contribution in [0.3, 0.4) is 0 Å². The van der Waals surface area contributed by atoms with E-state index in [0.717, 1.165) is 16.7 Å². The van der Waals surface area contributed by atoms with E-state index in [1.54, 1.807) is 43.8 Å². The maximum atomic E-state index is 11.9. The largest absolute Gasteiger partial charge is 0.478 e. The van der Waals surface area contributed by atoms with E-state index in [1.807, 2.05) is 13.0 Å². The van der Waals surface area contributed by atoms with Crippen molar-refractivity contribution in [1.82, 2.24) is 4.57 Å². The molecule has 0 fully saturated rings. The SMILES string of the molecule is Cc1cc(-c2cn(C)c(=O)c(C)c2C)ccc1C(=O)O. The Bertz CT molecular complexity index is 757. The molecule has 0 aliphatic rings. The number of aryl methyl sites for hydroxylation is 2. The zero-order valence-corrected chi connectivity index (χ0v) is 12.0. The molecule has 2 aromatic rings. The molecule has 0 atom stereocenters. The van der Waals surface area contributed by atoms with Crippen LogP contribution >= 0.6 is 0 Å². The molecule has 1 heterocycles. The first-order chi connectivity index (χ1) is 9.32. The summed E-state index contributed by atoms with van der Waals surface area (Å²) in [5, 5.41) is 9.06. The fraction of sp³-hybridized carbons (Fsp3) is 0.250. The predicted octanol–water partition coefficient (Wildman–Crippen LogP) is 2.68. The third-order valence-corrected chi connectivity index (χ3v) is 3.70. The minimum absolute atomic E-state index is 0.00914. The number of aromatic nitrogens is 1. The second-order valence-electron chi connectivity index (χ2n) is 5.04. The van der Waals surface area contributed by atoms with E-state index in [-0.39, 0.29) is 5.56 Å². The minimum atomic E-state index is -0.928. The van der Waals surface area contributed by atoms with Gasteiger partial charge < -0.3 is 9.67 Å². The number of rotatable bonds is 2. The molecule has 0 bridgehead atoms. The van der Waals surface area contributed by atoms with E-state index in [1.165, 1.54) is 0 Å². The van der Waals surface area contributed by atoms with E-state index in [4.69, 9.17) is 5.11 Å². The Morgan fingerprint density at radius 3 is 2.35 bits per heavy atom. The first kappa shape index (κ1) is 14.1. The summed E-state index contributed by atoms with van der Waals surface area (Å²) in [5.74, 6) is -0.928. The van der Waals surface area contributed by atoms with Gasteiger partial charge in [0.25, 0.3) is 5.56 Å². The van der Waals surface area contributed by atoms with Crippen LogP contribution in [0.4, 0.5) is 0 Å². The molecule has 0 saturated heterocycles. The Hall–Kier alpha value is -2.36. The second-order valence-corrected chi connectivity index (χ2v) is 5.04. The number of hydrogen-bond donors (Lipinski definition) is 1. The molecule has 20 heavy (non-hydrogen) atoms. The second kappa shape index (κ2) is 4.96. The third kappa shape index (κ3) is 2.25. The molecule has 0 saturated carbocycles. The van der Waals surface area contributed by atoms with Gasteiger partial charge in [-0.2, -0.15) is 0 Å². The fourth-order valence-corrected chi connectivity index (χ4v) is 2.34.